The highest BCUT2D eigenvalue weighted by molar-refractivity contribution is 6.06. The van der Waals surface area contributed by atoms with E-state index in [1.54, 1.807) is 0 Å². The van der Waals surface area contributed by atoms with Gasteiger partial charge in [-0.1, -0.05) is 44.2 Å². The molecular formula is C14H20N2O3. The fraction of sp³-hybridized carbons (Fsp3) is 0.429. The molecular weight excluding hydrogens is 244 g/mol. The fourth-order valence-electron chi connectivity index (χ4n) is 1.78. The second-order valence-electron chi connectivity index (χ2n) is 5.00. The maximum atomic E-state index is 12.0. The Hall–Kier alpha value is -1.88. The summed E-state index contributed by atoms with van der Waals surface area (Å²) in [6.07, 6.45) is 0.163. The first-order valence-corrected chi connectivity index (χ1v) is 6.16. The molecule has 1 amide bonds. The zero-order chi connectivity index (χ0) is 14.5. The van der Waals surface area contributed by atoms with E-state index >= 15 is 0 Å². The van der Waals surface area contributed by atoms with E-state index in [9.17, 15) is 9.59 Å². The predicted molar refractivity (Wildman–Crippen MR) is 71.8 cm³/mol. The van der Waals surface area contributed by atoms with Crippen molar-refractivity contribution in [2.24, 2.45) is 17.4 Å². The Morgan fingerprint density at radius 1 is 1.26 bits per heavy atom. The lowest BCUT2D eigenvalue weighted by atomic mass is 9.89. The highest BCUT2D eigenvalue weighted by atomic mass is 16.5. The highest BCUT2D eigenvalue weighted by Crippen LogP contribution is 2.17. The molecule has 1 aromatic rings. The minimum Gasteiger partial charge on any atom is -0.459 e. The average molecular weight is 264 g/mol. The van der Waals surface area contributed by atoms with Gasteiger partial charge in [0, 0.05) is 0 Å². The standard InChI is InChI=1S/C14H20N2O3/c1-10(2)8-14(16,12(15)17)13(18)19-9-11-6-4-3-5-7-11/h3-7,10H,8-9,16H2,1-2H3,(H2,15,17). The first-order chi connectivity index (χ1) is 8.86. The Kier molecular flexibility index (Phi) is 5.06. The molecule has 0 saturated carbocycles. The Morgan fingerprint density at radius 2 is 1.84 bits per heavy atom. The van der Waals surface area contributed by atoms with Crippen LogP contribution in [0.4, 0.5) is 0 Å². The summed E-state index contributed by atoms with van der Waals surface area (Å²) in [5.74, 6) is -1.58. The maximum absolute atomic E-state index is 12.0. The predicted octanol–water partition coefficient (Wildman–Crippen LogP) is 0.959. The van der Waals surface area contributed by atoms with Crippen molar-refractivity contribution in [1.82, 2.24) is 0 Å². The minimum atomic E-state index is -1.76. The van der Waals surface area contributed by atoms with E-state index in [0.29, 0.717) is 0 Å². The molecule has 4 N–H and O–H groups in total. The van der Waals surface area contributed by atoms with Crippen LogP contribution in [0.15, 0.2) is 30.3 Å². The summed E-state index contributed by atoms with van der Waals surface area (Å²) in [7, 11) is 0. The van der Waals surface area contributed by atoms with E-state index in [4.69, 9.17) is 16.2 Å². The number of rotatable bonds is 6. The number of carbonyl (C=O) groups is 2. The number of primary amides is 1. The molecule has 0 aliphatic heterocycles. The van der Waals surface area contributed by atoms with Crippen LogP contribution in [0.5, 0.6) is 0 Å². The van der Waals surface area contributed by atoms with Crippen molar-refractivity contribution in [3.63, 3.8) is 0 Å². The lowest BCUT2D eigenvalue weighted by Crippen LogP contribution is -2.59. The van der Waals surface area contributed by atoms with Crippen molar-refractivity contribution >= 4 is 11.9 Å². The van der Waals surface area contributed by atoms with Crippen LogP contribution in [0.3, 0.4) is 0 Å². The second kappa shape index (κ2) is 6.33. The molecule has 1 rings (SSSR count). The summed E-state index contributed by atoms with van der Waals surface area (Å²) in [5, 5.41) is 0. The van der Waals surface area contributed by atoms with Crippen molar-refractivity contribution < 1.29 is 14.3 Å². The molecule has 0 spiro atoms. The van der Waals surface area contributed by atoms with Gasteiger partial charge in [-0.2, -0.15) is 0 Å². The SMILES string of the molecule is CC(C)CC(N)(C(N)=O)C(=O)OCc1ccccc1. The minimum absolute atomic E-state index is 0.0572. The van der Waals surface area contributed by atoms with Crippen LogP contribution in [0.25, 0.3) is 0 Å². The second-order valence-corrected chi connectivity index (χ2v) is 5.00. The van der Waals surface area contributed by atoms with Crippen LogP contribution in [-0.4, -0.2) is 17.4 Å². The topological polar surface area (TPSA) is 95.4 Å². The van der Waals surface area contributed by atoms with Crippen LogP contribution in [0, 0.1) is 5.92 Å². The number of benzene rings is 1. The first-order valence-electron chi connectivity index (χ1n) is 6.16. The number of ether oxygens (including phenoxy) is 1. The summed E-state index contributed by atoms with van der Waals surface area (Å²) < 4.78 is 5.09. The van der Waals surface area contributed by atoms with Gasteiger partial charge in [0.1, 0.15) is 6.61 Å². The third-order valence-corrected chi connectivity index (χ3v) is 2.75. The van der Waals surface area contributed by atoms with Crippen molar-refractivity contribution in [2.75, 3.05) is 0 Å². The fourth-order valence-corrected chi connectivity index (χ4v) is 1.78. The number of esters is 1. The number of hydrogen-bond acceptors (Lipinski definition) is 4. The molecule has 0 bridgehead atoms. The van der Waals surface area contributed by atoms with Crippen molar-refractivity contribution in [3.05, 3.63) is 35.9 Å². The Bertz CT molecular complexity index is 445. The monoisotopic (exact) mass is 264 g/mol. The Labute approximate surface area is 112 Å². The van der Waals surface area contributed by atoms with Gasteiger partial charge in [-0.15, -0.1) is 0 Å². The first kappa shape index (κ1) is 15.2. The molecule has 1 aromatic carbocycles. The van der Waals surface area contributed by atoms with E-state index < -0.39 is 17.4 Å². The van der Waals surface area contributed by atoms with Gasteiger partial charge < -0.3 is 16.2 Å². The van der Waals surface area contributed by atoms with Gasteiger partial charge in [0.15, 0.2) is 5.54 Å². The summed E-state index contributed by atoms with van der Waals surface area (Å²) in [4.78, 5) is 23.4. The van der Waals surface area contributed by atoms with E-state index in [0.717, 1.165) is 5.56 Å². The largest absolute Gasteiger partial charge is 0.459 e. The van der Waals surface area contributed by atoms with Crippen LogP contribution in [-0.2, 0) is 20.9 Å². The lowest BCUT2D eigenvalue weighted by Gasteiger charge is -2.25. The maximum Gasteiger partial charge on any atom is 0.336 e. The Balaban J connectivity index is 2.71. The molecule has 1 unspecified atom stereocenters. The molecule has 0 aliphatic rings. The van der Waals surface area contributed by atoms with Crippen LogP contribution >= 0.6 is 0 Å². The molecule has 0 heterocycles. The van der Waals surface area contributed by atoms with Gasteiger partial charge in [0.05, 0.1) is 0 Å². The lowest BCUT2D eigenvalue weighted by molar-refractivity contribution is -0.155. The summed E-state index contributed by atoms with van der Waals surface area (Å²) in [6, 6.07) is 9.17. The quantitative estimate of drug-likeness (QED) is 0.591. The number of amides is 1. The molecule has 0 radical (unpaired) electrons. The van der Waals surface area contributed by atoms with E-state index in [1.807, 2.05) is 44.2 Å². The molecule has 0 saturated heterocycles. The van der Waals surface area contributed by atoms with Gasteiger partial charge in [-0.05, 0) is 17.9 Å². The van der Waals surface area contributed by atoms with Crippen LogP contribution in [0.2, 0.25) is 0 Å². The molecule has 0 aromatic heterocycles. The van der Waals surface area contributed by atoms with Gasteiger partial charge in [0.2, 0.25) is 5.91 Å². The van der Waals surface area contributed by atoms with Gasteiger partial charge in [-0.25, -0.2) is 4.79 Å². The van der Waals surface area contributed by atoms with E-state index in [2.05, 4.69) is 0 Å². The zero-order valence-corrected chi connectivity index (χ0v) is 11.3. The normalized spacial score (nSPS) is 13.9. The van der Waals surface area contributed by atoms with Crippen molar-refractivity contribution in [3.8, 4) is 0 Å². The third kappa shape index (κ3) is 4.06. The number of carbonyl (C=O) groups excluding carboxylic acids is 2. The molecule has 5 nitrogen and oxygen atoms in total. The zero-order valence-electron chi connectivity index (χ0n) is 11.3. The average Bonchev–Trinajstić information content (AvgIpc) is 2.36. The van der Waals surface area contributed by atoms with Crippen molar-refractivity contribution in [1.29, 1.82) is 0 Å². The third-order valence-electron chi connectivity index (χ3n) is 2.75. The molecule has 19 heavy (non-hydrogen) atoms. The highest BCUT2D eigenvalue weighted by Gasteiger charge is 2.42. The molecule has 0 aliphatic carbocycles. The summed E-state index contributed by atoms with van der Waals surface area (Å²) >= 11 is 0. The summed E-state index contributed by atoms with van der Waals surface area (Å²) in [6.45, 7) is 3.79. The molecule has 5 heteroatoms. The van der Waals surface area contributed by atoms with Crippen LogP contribution in [0.1, 0.15) is 25.8 Å². The van der Waals surface area contributed by atoms with Crippen LogP contribution < -0.4 is 11.5 Å². The molecule has 0 fully saturated rings. The van der Waals surface area contributed by atoms with Gasteiger partial charge in [0.25, 0.3) is 0 Å². The molecule has 1 atom stereocenters. The summed E-state index contributed by atoms with van der Waals surface area (Å²) in [5.41, 5.74) is 10.1. The Morgan fingerprint density at radius 3 is 2.32 bits per heavy atom. The van der Waals surface area contributed by atoms with Gasteiger partial charge in [-0.3, -0.25) is 4.79 Å². The van der Waals surface area contributed by atoms with E-state index in [1.165, 1.54) is 0 Å². The van der Waals surface area contributed by atoms with Crippen molar-refractivity contribution in [2.45, 2.75) is 32.4 Å². The smallest absolute Gasteiger partial charge is 0.336 e. The molecule has 104 valence electrons. The number of hydrogen-bond donors (Lipinski definition) is 2. The van der Waals surface area contributed by atoms with E-state index in [-0.39, 0.29) is 18.9 Å². The van der Waals surface area contributed by atoms with Gasteiger partial charge >= 0.3 is 5.97 Å². The number of nitrogens with two attached hydrogens (primary N) is 2.